The molecule has 4 rings (SSSR count). The van der Waals surface area contributed by atoms with E-state index >= 15 is 0 Å². The summed E-state index contributed by atoms with van der Waals surface area (Å²) in [6.45, 7) is 1.66. The second kappa shape index (κ2) is 9.09. The average Bonchev–Trinajstić information content (AvgIpc) is 3.03. The smallest absolute Gasteiger partial charge is 0.264 e. The molecule has 7 nitrogen and oxygen atoms in total. The molecule has 3 heterocycles. The minimum absolute atomic E-state index is 0.215. The van der Waals surface area contributed by atoms with Gasteiger partial charge in [0, 0.05) is 29.8 Å². The van der Waals surface area contributed by atoms with Crippen molar-refractivity contribution in [3.63, 3.8) is 0 Å². The van der Waals surface area contributed by atoms with Gasteiger partial charge in [-0.3, -0.25) is 9.59 Å². The van der Waals surface area contributed by atoms with E-state index in [9.17, 15) is 9.59 Å². The molecule has 150 valence electrons. The highest BCUT2D eigenvalue weighted by molar-refractivity contribution is 6.21. The Morgan fingerprint density at radius 1 is 0.800 bits per heavy atom. The number of amides is 2. The van der Waals surface area contributed by atoms with Crippen LogP contribution < -0.4 is 9.13 Å². The zero-order valence-electron chi connectivity index (χ0n) is 16.4. The monoisotopic (exact) mass is 402 g/mol. The van der Waals surface area contributed by atoms with Crippen molar-refractivity contribution < 1.29 is 23.6 Å². The van der Waals surface area contributed by atoms with E-state index in [1.54, 1.807) is 30.5 Å². The number of fused-ring (bicyclic) bond motifs is 1. The van der Waals surface area contributed by atoms with Gasteiger partial charge in [-0.1, -0.05) is 23.4 Å². The normalized spacial score (nSPS) is 13.1. The number of oxime groups is 1. The maximum Gasteiger partial charge on any atom is 0.264 e. The van der Waals surface area contributed by atoms with Crippen LogP contribution in [0.15, 0.2) is 84.5 Å². The highest BCUT2D eigenvalue weighted by Gasteiger charge is 2.35. The van der Waals surface area contributed by atoms with Crippen LogP contribution in [0.1, 0.15) is 32.7 Å². The Morgan fingerprint density at radius 2 is 1.40 bits per heavy atom. The third-order valence-electron chi connectivity index (χ3n) is 4.87. The fourth-order valence-corrected chi connectivity index (χ4v) is 3.27. The Balaban J connectivity index is 1.24. The largest absolute Gasteiger partial charge is 0.373 e. The Kier molecular flexibility index (Phi) is 5.89. The first-order valence-electron chi connectivity index (χ1n) is 9.76. The predicted octanol–water partition coefficient (Wildman–Crippen LogP) is 1.96. The van der Waals surface area contributed by atoms with E-state index in [0.29, 0.717) is 11.1 Å². The van der Waals surface area contributed by atoms with E-state index in [0.717, 1.165) is 30.0 Å². The molecule has 0 fully saturated rings. The number of benzene rings is 1. The molecular formula is C23H22N4O3+2. The van der Waals surface area contributed by atoms with Crippen LogP contribution >= 0.6 is 0 Å². The molecule has 1 aliphatic rings. The molecule has 0 spiro atoms. The van der Waals surface area contributed by atoms with Crippen LogP contribution in [-0.2, 0) is 17.9 Å². The number of carbonyl (C=O) groups is 2. The minimum atomic E-state index is -0.361. The summed E-state index contributed by atoms with van der Waals surface area (Å²) >= 11 is 0. The Bertz CT molecular complexity index is 1030. The van der Waals surface area contributed by atoms with E-state index in [1.807, 2.05) is 42.7 Å². The summed E-state index contributed by atoms with van der Waals surface area (Å²) in [5.41, 5.74) is 1.66. The number of pyridine rings is 2. The highest BCUT2D eigenvalue weighted by Crippen LogP contribution is 2.21. The van der Waals surface area contributed by atoms with Crippen molar-refractivity contribution in [3.05, 3.63) is 96.1 Å². The van der Waals surface area contributed by atoms with Crippen LogP contribution in [0.25, 0.3) is 0 Å². The van der Waals surface area contributed by atoms with Gasteiger partial charge in [0.05, 0.1) is 23.8 Å². The van der Waals surface area contributed by atoms with Crippen molar-refractivity contribution in [2.75, 3.05) is 6.73 Å². The number of nitrogens with zero attached hydrogens (tertiary/aromatic N) is 4. The van der Waals surface area contributed by atoms with Gasteiger partial charge in [-0.05, 0) is 12.1 Å². The van der Waals surface area contributed by atoms with Gasteiger partial charge in [-0.15, -0.1) is 0 Å². The molecule has 0 saturated carbocycles. The molecule has 0 unspecified atom stereocenters. The molecular weight excluding hydrogens is 380 g/mol. The van der Waals surface area contributed by atoms with Gasteiger partial charge in [0.25, 0.3) is 11.8 Å². The first-order chi connectivity index (χ1) is 14.7. The SMILES string of the molecule is O=C1c2ccccc2C(=O)N1CO/N=C/c1cc[n+](CCC[n+]2ccccc2)cc1. The number of hydrogen-bond acceptors (Lipinski definition) is 4. The molecule has 0 N–H and O–H groups in total. The van der Waals surface area contributed by atoms with Crippen LogP contribution in [0.2, 0.25) is 0 Å². The van der Waals surface area contributed by atoms with E-state index in [2.05, 4.69) is 26.7 Å². The number of rotatable bonds is 8. The third-order valence-corrected chi connectivity index (χ3v) is 4.87. The summed E-state index contributed by atoms with van der Waals surface area (Å²) in [5.74, 6) is -0.722. The predicted molar refractivity (Wildman–Crippen MR) is 108 cm³/mol. The van der Waals surface area contributed by atoms with Crippen molar-refractivity contribution in [2.24, 2.45) is 5.16 Å². The summed E-state index contributed by atoms with van der Waals surface area (Å²) in [6, 6.07) is 16.7. The van der Waals surface area contributed by atoms with Crippen molar-refractivity contribution in [3.8, 4) is 0 Å². The molecule has 0 saturated heterocycles. The molecule has 30 heavy (non-hydrogen) atoms. The first-order valence-corrected chi connectivity index (χ1v) is 9.76. The molecule has 0 radical (unpaired) electrons. The fraction of sp³-hybridized carbons (Fsp3) is 0.174. The maximum atomic E-state index is 12.3. The number of aryl methyl sites for hydroxylation is 2. The van der Waals surface area contributed by atoms with Crippen molar-refractivity contribution in [1.82, 2.24) is 4.90 Å². The summed E-state index contributed by atoms with van der Waals surface area (Å²) in [4.78, 5) is 30.7. The van der Waals surface area contributed by atoms with Gasteiger partial charge >= 0.3 is 0 Å². The number of carbonyl (C=O) groups excluding carboxylic acids is 2. The summed E-state index contributed by atoms with van der Waals surface area (Å²) in [7, 11) is 0. The lowest BCUT2D eigenvalue weighted by atomic mass is 10.1. The second-order valence-corrected chi connectivity index (χ2v) is 6.91. The van der Waals surface area contributed by atoms with Crippen molar-refractivity contribution in [1.29, 1.82) is 0 Å². The van der Waals surface area contributed by atoms with Gasteiger partial charge in [-0.25, -0.2) is 14.0 Å². The molecule has 2 amide bonds. The first kappa shape index (κ1) is 19.4. The zero-order valence-corrected chi connectivity index (χ0v) is 16.4. The van der Waals surface area contributed by atoms with Gasteiger partial charge in [0.15, 0.2) is 44.6 Å². The standard InChI is InChI=1S/C23H22N4O3/c28-22-20-7-2-3-8-21(20)23(29)27(22)18-30-24-17-19-9-15-26(16-10-19)14-6-13-25-11-4-1-5-12-25/h1-5,7-12,15-17H,6,13-14,18H2/q+2/b24-17+. The van der Waals surface area contributed by atoms with Crippen LogP contribution in [-0.4, -0.2) is 29.7 Å². The molecule has 0 atom stereocenters. The molecule has 1 aliphatic heterocycles. The number of aromatic nitrogens is 2. The van der Waals surface area contributed by atoms with E-state index in [-0.39, 0.29) is 18.5 Å². The lowest BCUT2D eigenvalue weighted by Crippen LogP contribution is -2.38. The second-order valence-electron chi connectivity index (χ2n) is 6.91. The van der Waals surface area contributed by atoms with Gasteiger partial charge < -0.3 is 4.84 Å². The third kappa shape index (κ3) is 4.41. The number of imide groups is 1. The fourth-order valence-electron chi connectivity index (χ4n) is 3.27. The molecule has 3 aromatic rings. The Labute approximate surface area is 174 Å². The Morgan fingerprint density at radius 3 is 2.03 bits per heavy atom. The van der Waals surface area contributed by atoms with Crippen LogP contribution in [0, 0.1) is 0 Å². The quantitative estimate of drug-likeness (QED) is 0.250. The summed E-state index contributed by atoms with van der Waals surface area (Å²) in [6.07, 6.45) is 10.7. The van der Waals surface area contributed by atoms with Gasteiger partial charge in [0.2, 0.25) is 0 Å². The minimum Gasteiger partial charge on any atom is -0.373 e. The number of hydrogen-bond donors (Lipinski definition) is 0. The van der Waals surface area contributed by atoms with Gasteiger partial charge in [0.1, 0.15) is 0 Å². The van der Waals surface area contributed by atoms with Crippen molar-refractivity contribution >= 4 is 18.0 Å². The maximum absolute atomic E-state index is 12.3. The Hall–Kier alpha value is -3.87. The van der Waals surface area contributed by atoms with Crippen LogP contribution in [0.5, 0.6) is 0 Å². The van der Waals surface area contributed by atoms with Crippen LogP contribution in [0.3, 0.4) is 0 Å². The van der Waals surface area contributed by atoms with Gasteiger partial charge in [-0.2, -0.15) is 0 Å². The average molecular weight is 402 g/mol. The van der Waals surface area contributed by atoms with E-state index in [1.165, 1.54) is 0 Å². The molecule has 0 bridgehead atoms. The zero-order chi connectivity index (χ0) is 20.8. The van der Waals surface area contributed by atoms with Crippen LogP contribution in [0.4, 0.5) is 0 Å². The van der Waals surface area contributed by atoms with E-state index in [4.69, 9.17) is 4.84 Å². The highest BCUT2D eigenvalue weighted by atomic mass is 16.6. The molecule has 1 aromatic carbocycles. The summed E-state index contributed by atoms with van der Waals surface area (Å²) < 4.78 is 4.27. The molecule has 7 heteroatoms. The molecule has 0 aliphatic carbocycles. The van der Waals surface area contributed by atoms with E-state index < -0.39 is 0 Å². The summed E-state index contributed by atoms with van der Waals surface area (Å²) in [5, 5.41) is 3.88. The molecule has 2 aromatic heterocycles. The topological polar surface area (TPSA) is 66.7 Å². The lowest BCUT2D eigenvalue weighted by molar-refractivity contribution is -0.726. The lowest BCUT2D eigenvalue weighted by Gasteiger charge is -2.11. The van der Waals surface area contributed by atoms with Crippen molar-refractivity contribution in [2.45, 2.75) is 19.5 Å².